The van der Waals surface area contributed by atoms with Crippen molar-refractivity contribution in [2.24, 2.45) is 5.41 Å². The zero-order valence-corrected chi connectivity index (χ0v) is 14.5. The molecule has 0 spiro atoms. The van der Waals surface area contributed by atoms with E-state index >= 15 is 0 Å². The highest BCUT2D eigenvalue weighted by atomic mass is 16.5. The average molecular weight is 318 g/mol. The van der Waals surface area contributed by atoms with Crippen molar-refractivity contribution in [3.8, 4) is 5.75 Å². The molecule has 1 aliphatic heterocycles. The second-order valence-corrected chi connectivity index (χ2v) is 6.83. The summed E-state index contributed by atoms with van der Waals surface area (Å²) in [5.41, 5.74) is 1.43. The molecular formula is C19H30N2O2. The second kappa shape index (κ2) is 8.92. The van der Waals surface area contributed by atoms with E-state index in [4.69, 9.17) is 4.74 Å². The highest BCUT2D eigenvalue weighted by molar-refractivity contribution is 5.76. The van der Waals surface area contributed by atoms with Crippen LogP contribution in [0.25, 0.3) is 0 Å². The molecule has 4 heteroatoms. The van der Waals surface area contributed by atoms with Gasteiger partial charge in [0.05, 0.1) is 6.61 Å². The van der Waals surface area contributed by atoms with Crippen molar-refractivity contribution < 1.29 is 9.53 Å². The summed E-state index contributed by atoms with van der Waals surface area (Å²) in [6.07, 6.45) is 4.59. The first-order chi connectivity index (χ1) is 11.1. The fourth-order valence-corrected chi connectivity index (χ4v) is 2.84. The third-order valence-electron chi connectivity index (χ3n) is 4.56. The standard InChI is InChI=1S/C19H30N2O2/c1-3-14-23-17-7-4-16(5-8-17)6-9-18(22)21-15-19(2)10-12-20-13-11-19/h4-5,7-8,20H,3,6,9-15H2,1-2H3,(H,21,22). The van der Waals surface area contributed by atoms with Crippen LogP contribution in [0.2, 0.25) is 0 Å². The molecule has 2 N–H and O–H groups in total. The van der Waals surface area contributed by atoms with Crippen molar-refractivity contribution in [3.05, 3.63) is 29.8 Å². The molecule has 1 heterocycles. The summed E-state index contributed by atoms with van der Waals surface area (Å²) >= 11 is 0. The molecule has 0 saturated carbocycles. The topological polar surface area (TPSA) is 50.4 Å². The molecule has 128 valence electrons. The van der Waals surface area contributed by atoms with E-state index < -0.39 is 0 Å². The number of amides is 1. The van der Waals surface area contributed by atoms with E-state index in [1.54, 1.807) is 0 Å². The molecule has 0 unspecified atom stereocenters. The summed E-state index contributed by atoms with van der Waals surface area (Å²) in [6.45, 7) is 8.01. The van der Waals surface area contributed by atoms with Crippen molar-refractivity contribution in [3.63, 3.8) is 0 Å². The SMILES string of the molecule is CCCOc1ccc(CCC(=O)NCC2(C)CCNCC2)cc1. The van der Waals surface area contributed by atoms with Crippen molar-refractivity contribution in [2.75, 3.05) is 26.2 Å². The Hall–Kier alpha value is -1.55. The van der Waals surface area contributed by atoms with Gasteiger partial charge in [-0.05, 0) is 61.9 Å². The number of nitrogens with one attached hydrogen (secondary N) is 2. The van der Waals surface area contributed by atoms with Crippen molar-refractivity contribution in [2.45, 2.75) is 46.0 Å². The number of aryl methyl sites for hydroxylation is 1. The lowest BCUT2D eigenvalue weighted by atomic mass is 9.81. The van der Waals surface area contributed by atoms with Gasteiger partial charge in [-0.15, -0.1) is 0 Å². The predicted molar refractivity (Wildman–Crippen MR) is 93.8 cm³/mol. The first-order valence-corrected chi connectivity index (χ1v) is 8.80. The number of benzene rings is 1. The van der Waals surface area contributed by atoms with Gasteiger partial charge in [-0.2, -0.15) is 0 Å². The molecule has 1 aliphatic rings. The Morgan fingerprint density at radius 2 is 1.96 bits per heavy atom. The number of ether oxygens (including phenoxy) is 1. The van der Waals surface area contributed by atoms with Crippen LogP contribution < -0.4 is 15.4 Å². The molecule has 1 fully saturated rings. The lowest BCUT2D eigenvalue weighted by molar-refractivity contribution is -0.121. The summed E-state index contributed by atoms with van der Waals surface area (Å²) in [4.78, 5) is 12.1. The van der Waals surface area contributed by atoms with Gasteiger partial charge in [0.25, 0.3) is 0 Å². The van der Waals surface area contributed by atoms with Gasteiger partial charge in [-0.3, -0.25) is 4.79 Å². The van der Waals surface area contributed by atoms with Crippen molar-refractivity contribution >= 4 is 5.91 Å². The van der Waals surface area contributed by atoms with Crippen LogP contribution in [-0.4, -0.2) is 32.1 Å². The van der Waals surface area contributed by atoms with Gasteiger partial charge in [0, 0.05) is 13.0 Å². The molecule has 0 bridgehead atoms. The van der Waals surface area contributed by atoms with Gasteiger partial charge in [0.15, 0.2) is 0 Å². The Balaban J connectivity index is 1.69. The molecule has 1 aromatic rings. The molecule has 0 aliphatic carbocycles. The quantitative estimate of drug-likeness (QED) is 0.775. The van der Waals surface area contributed by atoms with Crippen molar-refractivity contribution in [1.29, 1.82) is 0 Å². The van der Waals surface area contributed by atoms with Crippen LogP contribution >= 0.6 is 0 Å². The van der Waals surface area contributed by atoms with Gasteiger partial charge in [0.2, 0.25) is 5.91 Å². The van der Waals surface area contributed by atoms with E-state index in [2.05, 4.69) is 24.5 Å². The van der Waals surface area contributed by atoms with E-state index in [0.29, 0.717) is 6.42 Å². The predicted octanol–water partition coefficient (Wildman–Crippen LogP) is 2.91. The second-order valence-electron chi connectivity index (χ2n) is 6.83. The third kappa shape index (κ3) is 6.22. The maximum absolute atomic E-state index is 12.1. The van der Waals surface area contributed by atoms with Crippen LogP contribution in [-0.2, 0) is 11.2 Å². The Kier molecular flexibility index (Phi) is 6.90. The summed E-state index contributed by atoms with van der Waals surface area (Å²) < 4.78 is 5.57. The smallest absolute Gasteiger partial charge is 0.220 e. The van der Waals surface area contributed by atoms with E-state index in [9.17, 15) is 4.79 Å². The normalized spacial score (nSPS) is 16.8. The van der Waals surface area contributed by atoms with E-state index in [-0.39, 0.29) is 11.3 Å². The average Bonchev–Trinajstić information content (AvgIpc) is 2.58. The van der Waals surface area contributed by atoms with Crippen LogP contribution in [0.5, 0.6) is 5.75 Å². The molecule has 23 heavy (non-hydrogen) atoms. The third-order valence-corrected chi connectivity index (χ3v) is 4.56. The van der Waals surface area contributed by atoms with Gasteiger partial charge < -0.3 is 15.4 Å². The van der Waals surface area contributed by atoms with Gasteiger partial charge >= 0.3 is 0 Å². The zero-order chi connectivity index (χ0) is 16.5. The van der Waals surface area contributed by atoms with E-state index in [0.717, 1.165) is 57.7 Å². The maximum Gasteiger partial charge on any atom is 0.220 e. The molecule has 1 amide bonds. The zero-order valence-electron chi connectivity index (χ0n) is 14.5. The summed E-state index contributed by atoms with van der Waals surface area (Å²) in [5.74, 6) is 1.05. The van der Waals surface area contributed by atoms with E-state index in [1.807, 2.05) is 24.3 Å². The maximum atomic E-state index is 12.1. The Morgan fingerprint density at radius 1 is 1.26 bits per heavy atom. The van der Waals surface area contributed by atoms with Crippen LogP contribution in [0.3, 0.4) is 0 Å². The number of hydrogen-bond donors (Lipinski definition) is 2. The molecule has 2 rings (SSSR count). The highest BCUT2D eigenvalue weighted by Crippen LogP contribution is 2.26. The van der Waals surface area contributed by atoms with Gasteiger partial charge in [-0.1, -0.05) is 26.0 Å². The molecule has 0 aromatic heterocycles. The molecule has 1 aromatic carbocycles. The number of carbonyl (C=O) groups excluding carboxylic acids is 1. The van der Waals surface area contributed by atoms with Crippen LogP contribution in [0.4, 0.5) is 0 Å². The summed E-state index contributed by atoms with van der Waals surface area (Å²) in [5, 5.41) is 6.48. The lowest BCUT2D eigenvalue weighted by Crippen LogP contribution is -2.42. The minimum absolute atomic E-state index is 0.149. The Bertz CT molecular complexity index is 479. The largest absolute Gasteiger partial charge is 0.494 e. The minimum atomic E-state index is 0.149. The van der Waals surface area contributed by atoms with Gasteiger partial charge in [0.1, 0.15) is 5.75 Å². The fourth-order valence-electron chi connectivity index (χ4n) is 2.84. The number of carbonyl (C=O) groups is 1. The van der Waals surface area contributed by atoms with E-state index in [1.165, 1.54) is 5.56 Å². The molecule has 0 atom stereocenters. The molecule has 0 radical (unpaired) electrons. The number of hydrogen-bond acceptors (Lipinski definition) is 3. The number of piperidine rings is 1. The minimum Gasteiger partial charge on any atom is -0.494 e. The fraction of sp³-hybridized carbons (Fsp3) is 0.632. The monoisotopic (exact) mass is 318 g/mol. The number of rotatable bonds is 8. The lowest BCUT2D eigenvalue weighted by Gasteiger charge is -2.34. The van der Waals surface area contributed by atoms with Gasteiger partial charge in [-0.25, -0.2) is 0 Å². The van der Waals surface area contributed by atoms with Crippen molar-refractivity contribution in [1.82, 2.24) is 10.6 Å². The molecular weight excluding hydrogens is 288 g/mol. The first-order valence-electron chi connectivity index (χ1n) is 8.80. The van der Waals surface area contributed by atoms with Crippen LogP contribution in [0.1, 0.15) is 45.1 Å². The van der Waals surface area contributed by atoms with Crippen LogP contribution in [0.15, 0.2) is 24.3 Å². The highest BCUT2D eigenvalue weighted by Gasteiger charge is 2.26. The Morgan fingerprint density at radius 3 is 2.61 bits per heavy atom. The first kappa shape index (κ1) is 17.8. The molecule has 4 nitrogen and oxygen atoms in total. The summed E-state index contributed by atoms with van der Waals surface area (Å²) in [6, 6.07) is 8.07. The Labute approximate surface area is 140 Å². The molecule has 1 saturated heterocycles. The summed E-state index contributed by atoms with van der Waals surface area (Å²) in [7, 11) is 0. The van der Waals surface area contributed by atoms with Crippen LogP contribution in [0, 0.1) is 5.41 Å².